The summed E-state index contributed by atoms with van der Waals surface area (Å²) in [5.74, 6) is 0.262. The van der Waals surface area contributed by atoms with E-state index in [1.807, 2.05) is 19.9 Å². The molecular formula is C21H23N3O4S2. The molecule has 0 bridgehead atoms. The summed E-state index contributed by atoms with van der Waals surface area (Å²) in [7, 11) is -3.69. The first kappa shape index (κ1) is 21.8. The quantitative estimate of drug-likeness (QED) is 0.534. The first-order valence-electron chi connectivity index (χ1n) is 9.33. The number of aromatic nitrogens is 1. The summed E-state index contributed by atoms with van der Waals surface area (Å²) in [6, 6.07) is 8.83. The minimum atomic E-state index is -3.69. The Labute approximate surface area is 179 Å². The second-order valence-corrected chi connectivity index (χ2v) is 9.91. The number of hydrogen-bond acceptors (Lipinski definition) is 6. The number of sulfonamides is 1. The lowest BCUT2D eigenvalue weighted by Crippen LogP contribution is -2.11. The van der Waals surface area contributed by atoms with Crippen molar-refractivity contribution in [3.63, 3.8) is 0 Å². The lowest BCUT2D eigenvalue weighted by atomic mass is 10.1. The molecule has 0 spiro atoms. The Morgan fingerprint density at radius 3 is 2.50 bits per heavy atom. The molecule has 1 aromatic carbocycles. The lowest BCUT2D eigenvalue weighted by molar-refractivity contribution is -0.115. The molecule has 9 heteroatoms. The van der Waals surface area contributed by atoms with Crippen LogP contribution in [-0.2, 0) is 14.8 Å². The van der Waals surface area contributed by atoms with Gasteiger partial charge in [0.15, 0.2) is 5.76 Å². The number of nitrogens with one attached hydrogen (secondary N) is 2. The summed E-state index contributed by atoms with van der Waals surface area (Å²) in [5, 5.41) is 6.64. The van der Waals surface area contributed by atoms with E-state index in [-0.39, 0.29) is 10.1 Å². The Balaban J connectivity index is 1.79. The standard InChI is InChI=1S/C21H23N3O4S2/c1-5-19(25)22-21-15(4)23-28-18(21)8-6-17-7-9-20(29-17)30(26,27)24-16-11-13(2)10-14(3)12-16/h6-12,24H,5H2,1-4H3,(H,22,25). The van der Waals surface area contributed by atoms with Crippen LogP contribution in [0.1, 0.15) is 40.8 Å². The molecule has 0 aliphatic heterocycles. The molecule has 0 aliphatic carbocycles. The van der Waals surface area contributed by atoms with Crippen molar-refractivity contribution >= 4 is 50.8 Å². The van der Waals surface area contributed by atoms with Crippen molar-refractivity contribution in [2.24, 2.45) is 0 Å². The number of anilines is 2. The minimum Gasteiger partial charge on any atom is -0.354 e. The van der Waals surface area contributed by atoms with Gasteiger partial charge < -0.3 is 9.84 Å². The van der Waals surface area contributed by atoms with Crippen LogP contribution in [0.25, 0.3) is 12.2 Å². The summed E-state index contributed by atoms with van der Waals surface area (Å²) < 4.78 is 33.5. The molecule has 0 aliphatic rings. The largest absolute Gasteiger partial charge is 0.354 e. The van der Waals surface area contributed by atoms with Gasteiger partial charge in [0.05, 0.1) is 0 Å². The van der Waals surface area contributed by atoms with Crippen LogP contribution < -0.4 is 10.0 Å². The van der Waals surface area contributed by atoms with Gasteiger partial charge in [-0.25, -0.2) is 8.42 Å². The number of carbonyl (C=O) groups excluding carboxylic acids is 1. The smallest absolute Gasteiger partial charge is 0.271 e. The van der Waals surface area contributed by atoms with E-state index in [4.69, 9.17) is 4.52 Å². The molecule has 2 aromatic heterocycles. The van der Waals surface area contributed by atoms with Gasteiger partial charge in [0.2, 0.25) is 5.91 Å². The molecule has 2 heterocycles. The zero-order chi connectivity index (χ0) is 21.9. The van der Waals surface area contributed by atoms with E-state index >= 15 is 0 Å². The number of benzene rings is 1. The van der Waals surface area contributed by atoms with Crippen molar-refractivity contribution in [1.82, 2.24) is 5.16 Å². The summed E-state index contributed by atoms with van der Waals surface area (Å²) in [5.41, 5.74) is 3.58. The molecule has 3 aromatic rings. The number of amides is 1. The number of aryl methyl sites for hydroxylation is 3. The van der Waals surface area contributed by atoms with E-state index in [1.54, 1.807) is 50.3 Å². The third-order valence-electron chi connectivity index (χ3n) is 4.21. The van der Waals surface area contributed by atoms with Crippen LogP contribution in [0.15, 0.2) is 39.1 Å². The van der Waals surface area contributed by atoms with Crippen LogP contribution in [-0.4, -0.2) is 19.5 Å². The highest BCUT2D eigenvalue weighted by atomic mass is 32.2. The average Bonchev–Trinajstić information content (AvgIpc) is 3.27. The van der Waals surface area contributed by atoms with Crippen molar-refractivity contribution < 1.29 is 17.7 Å². The van der Waals surface area contributed by atoms with Crippen molar-refractivity contribution in [2.75, 3.05) is 10.0 Å². The molecule has 0 radical (unpaired) electrons. The van der Waals surface area contributed by atoms with Gasteiger partial charge in [-0.05, 0) is 68.3 Å². The van der Waals surface area contributed by atoms with Crippen LogP contribution in [0.4, 0.5) is 11.4 Å². The molecule has 30 heavy (non-hydrogen) atoms. The van der Waals surface area contributed by atoms with E-state index in [2.05, 4.69) is 15.2 Å². The maximum absolute atomic E-state index is 12.7. The Kier molecular flexibility index (Phi) is 6.42. The van der Waals surface area contributed by atoms with Crippen molar-refractivity contribution in [1.29, 1.82) is 0 Å². The number of hydrogen-bond donors (Lipinski definition) is 2. The number of rotatable bonds is 7. The molecule has 1 amide bonds. The topological polar surface area (TPSA) is 101 Å². The van der Waals surface area contributed by atoms with Crippen molar-refractivity contribution in [2.45, 2.75) is 38.3 Å². The molecule has 3 rings (SSSR count). The van der Waals surface area contributed by atoms with Crippen LogP contribution in [0.3, 0.4) is 0 Å². The van der Waals surface area contributed by atoms with Gasteiger partial charge in [-0.2, -0.15) is 0 Å². The Hall–Kier alpha value is -2.91. The Bertz CT molecular complexity index is 1190. The summed E-state index contributed by atoms with van der Waals surface area (Å²) in [6.07, 6.45) is 3.72. The first-order chi connectivity index (χ1) is 14.2. The molecule has 0 atom stereocenters. The highest BCUT2D eigenvalue weighted by Crippen LogP contribution is 2.28. The number of carbonyl (C=O) groups is 1. The third kappa shape index (κ3) is 5.17. The molecule has 158 valence electrons. The highest BCUT2D eigenvalue weighted by molar-refractivity contribution is 7.94. The number of thiophene rings is 1. The van der Waals surface area contributed by atoms with E-state index in [1.165, 1.54) is 0 Å². The van der Waals surface area contributed by atoms with Crippen LogP contribution in [0.2, 0.25) is 0 Å². The lowest BCUT2D eigenvalue weighted by Gasteiger charge is -2.08. The van der Waals surface area contributed by atoms with Gasteiger partial charge in [0.1, 0.15) is 15.6 Å². The van der Waals surface area contributed by atoms with Gasteiger partial charge in [-0.15, -0.1) is 11.3 Å². The maximum atomic E-state index is 12.7. The van der Waals surface area contributed by atoms with Crippen LogP contribution in [0, 0.1) is 20.8 Å². The molecule has 0 fully saturated rings. The van der Waals surface area contributed by atoms with Gasteiger partial charge in [-0.3, -0.25) is 9.52 Å². The maximum Gasteiger partial charge on any atom is 0.271 e. The Morgan fingerprint density at radius 2 is 1.83 bits per heavy atom. The number of nitrogens with zero attached hydrogens (tertiary/aromatic N) is 1. The van der Waals surface area contributed by atoms with Crippen LogP contribution >= 0.6 is 11.3 Å². The Morgan fingerprint density at radius 1 is 1.13 bits per heavy atom. The highest BCUT2D eigenvalue weighted by Gasteiger charge is 2.17. The minimum absolute atomic E-state index is 0.141. The van der Waals surface area contributed by atoms with Gasteiger partial charge in [-0.1, -0.05) is 18.1 Å². The normalized spacial score (nSPS) is 11.7. The average molecular weight is 446 g/mol. The fourth-order valence-corrected chi connectivity index (χ4v) is 5.12. The van der Waals surface area contributed by atoms with E-state index < -0.39 is 10.0 Å². The van der Waals surface area contributed by atoms with Gasteiger partial charge in [0.25, 0.3) is 10.0 Å². The molecule has 0 saturated heterocycles. The third-order valence-corrected chi connectivity index (χ3v) is 7.14. The first-order valence-corrected chi connectivity index (χ1v) is 11.6. The molecule has 0 unspecified atom stereocenters. The van der Waals surface area contributed by atoms with Gasteiger partial charge in [0, 0.05) is 17.0 Å². The predicted molar refractivity (Wildman–Crippen MR) is 120 cm³/mol. The summed E-state index contributed by atoms with van der Waals surface area (Å²) >= 11 is 1.13. The fraction of sp³-hybridized carbons (Fsp3) is 0.238. The van der Waals surface area contributed by atoms with Crippen LogP contribution in [0.5, 0.6) is 0 Å². The molecule has 7 nitrogen and oxygen atoms in total. The molecule has 0 saturated carbocycles. The van der Waals surface area contributed by atoms with E-state index in [0.717, 1.165) is 27.3 Å². The van der Waals surface area contributed by atoms with Gasteiger partial charge >= 0.3 is 0 Å². The summed E-state index contributed by atoms with van der Waals surface area (Å²) in [6.45, 7) is 7.33. The van der Waals surface area contributed by atoms with E-state index in [9.17, 15) is 13.2 Å². The SMILES string of the molecule is CCC(=O)Nc1c(C)noc1C=Cc1ccc(S(=O)(=O)Nc2cc(C)cc(C)c2)s1. The zero-order valence-corrected chi connectivity index (χ0v) is 18.8. The second-order valence-electron chi connectivity index (χ2n) is 6.88. The monoisotopic (exact) mass is 445 g/mol. The fourth-order valence-electron chi connectivity index (χ4n) is 2.85. The van der Waals surface area contributed by atoms with Crippen molar-refractivity contribution in [3.8, 4) is 0 Å². The summed E-state index contributed by atoms with van der Waals surface area (Å²) in [4.78, 5) is 12.4. The molecular weight excluding hydrogens is 422 g/mol. The van der Waals surface area contributed by atoms with Crippen molar-refractivity contribution in [3.05, 3.63) is 57.8 Å². The van der Waals surface area contributed by atoms with E-state index in [0.29, 0.717) is 29.2 Å². The zero-order valence-electron chi connectivity index (χ0n) is 17.1. The molecule has 2 N–H and O–H groups in total. The second kappa shape index (κ2) is 8.85. The predicted octanol–water partition coefficient (Wildman–Crippen LogP) is 4.98.